The van der Waals surface area contributed by atoms with Crippen LogP contribution in [0.3, 0.4) is 0 Å². The topological polar surface area (TPSA) is 53.5 Å². The van der Waals surface area contributed by atoms with E-state index in [1.807, 2.05) is 28.0 Å². The number of carbonyl (C=O) groups excluding carboxylic acids is 2. The van der Waals surface area contributed by atoms with Crippen LogP contribution in [0, 0.1) is 5.41 Å². The molecule has 24 heavy (non-hydrogen) atoms. The number of hydrogen-bond donors (Lipinski definition) is 0. The predicted octanol–water partition coefficient (Wildman–Crippen LogP) is 2.27. The average Bonchev–Trinajstić information content (AvgIpc) is 2.90. The van der Waals surface area contributed by atoms with E-state index in [2.05, 4.69) is 11.9 Å². The molecule has 0 radical (unpaired) electrons. The van der Waals surface area contributed by atoms with Crippen molar-refractivity contribution in [3.63, 3.8) is 0 Å². The molecule has 1 saturated heterocycles. The summed E-state index contributed by atoms with van der Waals surface area (Å²) in [7, 11) is 0. The van der Waals surface area contributed by atoms with Gasteiger partial charge in [-0.05, 0) is 31.4 Å². The Labute approximate surface area is 144 Å². The summed E-state index contributed by atoms with van der Waals surface area (Å²) in [6.07, 6.45) is 7.24. The van der Waals surface area contributed by atoms with Gasteiger partial charge in [-0.2, -0.15) is 0 Å². The lowest BCUT2D eigenvalue weighted by atomic mass is 9.87. The van der Waals surface area contributed by atoms with Crippen molar-refractivity contribution in [1.82, 2.24) is 14.8 Å². The number of hydrogen-bond acceptors (Lipinski definition) is 3. The van der Waals surface area contributed by atoms with E-state index in [1.165, 1.54) is 0 Å². The molecule has 1 saturated carbocycles. The Kier molecular flexibility index (Phi) is 5.17. The lowest BCUT2D eigenvalue weighted by Gasteiger charge is -2.31. The highest BCUT2D eigenvalue weighted by atomic mass is 16.2. The molecule has 0 aromatic carbocycles. The average molecular weight is 329 g/mol. The normalized spacial score (nSPS) is 20.7. The van der Waals surface area contributed by atoms with Crippen molar-refractivity contribution in [1.29, 1.82) is 0 Å². The molecule has 3 rings (SSSR count). The molecular weight excluding hydrogens is 302 g/mol. The van der Waals surface area contributed by atoms with Gasteiger partial charge in [-0.15, -0.1) is 0 Å². The summed E-state index contributed by atoms with van der Waals surface area (Å²) >= 11 is 0. The molecule has 5 heteroatoms. The van der Waals surface area contributed by atoms with Gasteiger partial charge < -0.3 is 9.80 Å². The van der Waals surface area contributed by atoms with Crippen LogP contribution in [0.2, 0.25) is 0 Å². The molecule has 5 nitrogen and oxygen atoms in total. The minimum absolute atomic E-state index is 0.107. The highest BCUT2D eigenvalue weighted by Gasteiger charge is 2.39. The second-order valence-electron chi connectivity index (χ2n) is 7.29. The van der Waals surface area contributed by atoms with Crippen molar-refractivity contribution < 1.29 is 9.59 Å². The summed E-state index contributed by atoms with van der Waals surface area (Å²) in [5, 5.41) is 0. The van der Waals surface area contributed by atoms with E-state index >= 15 is 0 Å². The molecule has 0 atom stereocenters. The first-order chi connectivity index (χ1) is 11.6. The summed E-state index contributed by atoms with van der Waals surface area (Å²) < 4.78 is 0. The van der Waals surface area contributed by atoms with E-state index in [-0.39, 0.29) is 11.3 Å². The predicted molar refractivity (Wildman–Crippen MR) is 92.3 cm³/mol. The van der Waals surface area contributed by atoms with Gasteiger partial charge in [-0.3, -0.25) is 14.6 Å². The van der Waals surface area contributed by atoms with E-state index in [0.29, 0.717) is 25.4 Å². The Morgan fingerprint density at radius 3 is 2.46 bits per heavy atom. The largest absolute Gasteiger partial charge is 0.341 e. The fourth-order valence-electron chi connectivity index (χ4n) is 3.89. The van der Waals surface area contributed by atoms with E-state index in [1.54, 1.807) is 6.20 Å². The lowest BCUT2D eigenvalue weighted by Crippen LogP contribution is -2.43. The monoisotopic (exact) mass is 329 g/mol. The third-order valence-corrected chi connectivity index (χ3v) is 5.42. The number of carbonyl (C=O) groups is 2. The van der Waals surface area contributed by atoms with Crippen LogP contribution < -0.4 is 0 Å². The molecule has 2 heterocycles. The van der Waals surface area contributed by atoms with Crippen LogP contribution in [0.15, 0.2) is 24.4 Å². The van der Waals surface area contributed by atoms with Crippen molar-refractivity contribution in [2.75, 3.05) is 26.2 Å². The van der Waals surface area contributed by atoms with Crippen LogP contribution in [0.4, 0.5) is 0 Å². The first-order valence-corrected chi connectivity index (χ1v) is 9.06. The number of pyridine rings is 1. The van der Waals surface area contributed by atoms with Gasteiger partial charge in [0.05, 0.1) is 6.42 Å². The van der Waals surface area contributed by atoms with E-state index in [0.717, 1.165) is 50.9 Å². The van der Waals surface area contributed by atoms with Gasteiger partial charge in [0.2, 0.25) is 11.8 Å². The van der Waals surface area contributed by atoms with Crippen molar-refractivity contribution in [3.8, 4) is 0 Å². The molecular formula is C19H27N3O2. The van der Waals surface area contributed by atoms with Crippen LogP contribution >= 0.6 is 0 Å². The fraction of sp³-hybridized carbons (Fsp3) is 0.632. The zero-order valence-corrected chi connectivity index (χ0v) is 14.5. The molecule has 0 spiro atoms. The molecule has 2 aliphatic rings. The highest BCUT2D eigenvalue weighted by Crippen LogP contribution is 2.39. The summed E-state index contributed by atoms with van der Waals surface area (Å²) in [4.78, 5) is 33.5. The van der Waals surface area contributed by atoms with E-state index in [9.17, 15) is 9.59 Å². The smallest absolute Gasteiger partial charge is 0.228 e. The van der Waals surface area contributed by atoms with Crippen LogP contribution in [-0.4, -0.2) is 52.8 Å². The second-order valence-corrected chi connectivity index (χ2v) is 7.29. The molecule has 0 N–H and O–H groups in total. The lowest BCUT2D eigenvalue weighted by molar-refractivity contribution is -0.141. The molecule has 1 aromatic heterocycles. The Hall–Kier alpha value is -1.91. The standard InChI is InChI=1S/C19H27N3O2/c1-19(8-3-4-9-19)18(24)22-12-6-11-21(13-14-22)17(23)15-16-7-2-5-10-20-16/h2,5,7,10H,3-4,6,8-9,11-15H2,1H3. The van der Waals surface area contributed by atoms with Gasteiger partial charge in [0.25, 0.3) is 0 Å². The minimum Gasteiger partial charge on any atom is -0.341 e. The Bertz CT molecular complexity index is 582. The summed E-state index contributed by atoms with van der Waals surface area (Å²) in [6, 6.07) is 5.64. The van der Waals surface area contributed by atoms with Gasteiger partial charge in [-0.25, -0.2) is 0 Å². The molecule has 1 aliphatic carbocycles. The number of rotatable bonds is 3. The first kappa shape index (κ1) is 16.9. The van der Waals surface area contributed by atoms with E-state index in [4.69, 9.17) is 0 Å². The second kappa shape index (κ2) is 7.32. The van der Waals surface area contributed by atoms with Crippen LogP contribution in [-0.2, 0) is 16.0 Å². The van der Waals surface area contributed by atoms with E-state index < -0.39 is 0 Å². The highest BCUT2D eigenvalue weighted by molar-refractivity contribution is 5.83. The summed E-state index contributed by atoms with van der Waals surface area (Å²) in [6.45, 7) is 4.89. The van der Waals surface area contributed by atoms with Crippen molar-refractivity contribution in [2.24, 2.45) is 5.41 Å². The molecule has 1 aliphatic heterocycles. The van der Waals surface area contributed by atoms with Crippen LogP contribution in [0.5, 0.6) is 0 Å². The van der Waals surface area contributed by atoms with Crippen molar-refractivity contribution in [2.45, 2.75) is 45.4 Å². The molecule has 0 bridgehead atoms. The zero-order valence-electron chi connectivity index (χ0n) is 14.5. The van der Waals surface area contributed by atoms with Crippen LogP contribution in [0.1, 0.15) is 44.7 Å². The Morgan fingerprint density at radius 1 is 1.04 bits per heavy atom. The SMILES string of the molecule is CC1(C(=O)N2CCCN(C(=O)Cc3ccccn3)CC2)CCCC1. The molecule has 2 amide bonds. The first-order valence-electron chi connectivity index (χ1n) is 9.06. The number of nitrogens with zero attached hydrogens (tertiary/aromatic N) is 3. The molecule has 2 fully saturated rings. The summed E-state index contributed by atoms with van der Waals surface area (Å²) in [5.74, 6) is 0.397. The third-order valence-electron chi connectivity index (χ3n) is 5.42. The van der Waals surface area contributed by atoms with Crippen LogP contribution in [0.25, 0.3) is 0 Å². The quantitative estimate of drug-likeness (QED) is 0.855. The summed E-state index contributed by atoms with van der Waals surface area (Å²) in [5.41, 5.74) is 0.630. The van der Waals surface area contributed by atoms with Crippen molar-refractivity contribution in [3.05, 3.63) is 30.1 Å². The van der Waals surface area contributed by atoms with Gasteiger partial charge in [0.1, 0.15) is 0 Å². The Morgan fingerprint density at radius 2 is 1.75 bits per heavy atom. The van der Waals surface area contributed by atoms with Gasteiger partial charge >= 0.3 is 0 Å². The van der Waals surface area contributed by atoms with Gasteiger partial charge in [0.15, 0.2) is 0 Å². The number of amides is 2. The fourth-order valence-corrected chi connectivity index (χ4v) is 3.89. The third kappa shape index (κ3) is 3.77. The Balaban J connectivity index is 1.56. The van der Waals surface area contributed by atoms with Gasteiger partial charge in [0, 0.05) is 43.5 Å². The molecule has 1 aromatic rings. The van der Waals surface area contributed by atoms with Gasteiger partial charge in [-0.1, -0.05) is 25.8 Å². The number of aromatic nitrogens is 1. The minimum atomic E-state index is -0.173. The maximum absolute atomic E-state index is 12.9. The zero-order chi connectivity index (χ0) is 17.0. The molecule has 130 valence electrons. The maximum Gasteiger partial charge on any atom is 0.228 e. The molecule has 0 unspecified atom stereocenters. The van der Waals surface area contributed by atoms with Crippen molar-refractivity contribution >= 4 is 11.8 Å². The maximum atomic E-state index is 12.9.